The van der Waals surface area contributed by atoms with Crippen molar-refractivity contribution in [1.29, 1.82) is 0 Å². The number of carbonyl (C=O) groups is 1. The Labute approximate surface area is 178 Å². The van der Waals surface area contributed by atoms with E-state index in [2.05, 4.69) is 15.3 Å². The number of halogens is 2. The van der Waals surface area contributed by atoms with E-state index in [4.69, 9.17) is 0 Å². The molecule has 0 unspecified atom stereocenters. The summed E-state index contributed by atoms with van der Waals surface area (Å²) in [5.74, 6) is -2.28. The van der Waals surface area contributed by atoms with E-state index in [9.17, 15) is 18.4 Å². The molecule has 0 bridgehead atoms. The van der Waals surface area contributed by atoms with Gasteiger partial charge in [-0.1, -0.05) is 12.1 Å². The predicted octanol–water partition coefficient (Wildman–Crippen LogP) is 3.82. The number of rotatable bonds is 5. The number of anilines is 2. The maximum atomic E-state index is 13.7. The van der Waals surface area contributed by atoms with E-state index in [-0.39, 0.29) is 5.69 Å². The van der Waals surface area contributed by atoms with E-state index in [0.29, 0.717) is 11.8 Å². The minimum atomic E-state index is -0.892. The van der Waals surface area contributed by atoms with Crippen LogP contribution in [0.1, 0.15) is 19.3 Å². The fourth-order valence-electron chi connectivity index (χ4n) is 3.63. The van der Waals surface area contributed by atoms with Crippen molar-refractivity contribution in [3.05, 3.63) is 76.6 Å². The first kappa shape index (κ1) is 20.7. The van der Waals surface area contributed by atoms with Crippen molar-refractivity contribution < 1.29 is 13.6 Å². The van der Waals surface area contributed by atoms with Gasteiger partial charge in [-0.3, -0.25) is 9.59 Å². The Morgan fingerprint density at radius 2 is 1.71 bits per heavy atom. The van der Waals surface area contributed by atoms with Crippen molar-refractivity contribution in [3.63, 3.8) is 0 Å². The van der Waals surface area contributed by atoms with Crippen LogP contribution in [-0.4, -0.2) is 28.8 Å². The fraction of sp³-hybridized carbons (Fsp3) is 0.261. The standard InChI is InChI=1S/C23H22F2N4O2/c24-17-6-9-21(19(25)14-17)26-22(30)15-29-23(31)11-10-20(27-29)16-4-7-18(8-5-16)28-12-2-1-3-13-28/h4-11,14H,1-3,12-13,15H2,(H,26,30). The average Bonchev–Trinajstić information content (AvgIpc) is 2.78. The number of aromatic nitrogens is 2. The van der Waals surface area contributed by atoms with Gasteiger partial charge in [-0.2, -0.15) is 5.10 Å². The molecule has 3 aromatic rings. The summed E-state index contributed by atoms with van der Waals surface area (Å²) < 4.78 is 27.8. The van der Waals surface area contributed by atoms with Crippen LogP contribution in [0.25, 0.3) is 11.3 Å². The highest BCUT2D eigenvalue weighted by Gasteiger charge is 2.13. The van der Waals surface area contributed by atoms with Gasteiger partial charge in [0.05, 0.1) is 11.4 Å². The maximum absolute atomic E-state index is 13.7. The van der Waals surface area contributed by atoms with Gasteiger partial charge in [-0.25, -0.2) is 13.5 Å². The molecule has 0 radical (unpaired) electrons. The summed E-state index contributed by atoms with van der Waals surface area (Å²) >= 11 is 0. The Morgan fingerprint density at radius 1 is 0.968 bits per heavy atom. The van der Waals surface area contributed by atoms with E-state index in [0.717, 1.165) is 41.2 Å². The van der Waals surface area contributed by atoms with Gasteiger partial charge in [0.2, 0.25) is 5.91 Å². The predicted molar refractivity (Wildman–Crippen MR) is 115 cm³/mol. The van der Waals surface area contributed by atoms with Crippen molar-refractivity contribution in [2.45, 2.75) is 25.8 Å². The molecule has 0 saturated carbocycles. The summed E-state index contributed by atoms with van der Waals surface area (Å²) in [5, 5.41) is 6.61. The van der Waals surface area contributed by atoms with Gasteiger partial charge in [-0.05, 0) is 49.6 Å². The number of hydrogen-bond acceptors (Lipinski definition) is 4. The van der Waals surface area contributed by atoms with E-state index < -0.39 is 29.6 Å². The van der Waals surface area contributed by atoms with Crippen LogP contribution in [0.4, 0.5) is 20.2 Å². The Hall–Kier alpha value is -3.55. The lowest BCUT2D eigenvalue weighted by molar-refractivity contribution is -0.117. The molecule has 8 heteroatoms. The SMILES string of the molecule is O=C(Cn1nc(-c2ccc(N3CCCCC3)cc2)ccc1=O)Nc1ccc(F)cc1F. The van der Waals surface area contributed by atoms with Gasteiger partial charge in [0, 0.05) is 36.5 Å². The van der Waals surface area contributed by atoms with E-state index >= 15 is 0 Å². The van der Waals surface area contributed by atoms with Crippen LogP contribution in [-0.2, 0) is 11.3 Å². The van der Waals surface area contributed by atoms with Crippen LogP contribution in [0, 0.1) is 11.6 Å². The lowest BCUT2D eigenvalue weighted by Crippen LogP contribution is -2.29. The number of hydrogen-bond donors (Lipinski definition) is 1. The molecule has 4 rings (SSSR count). The largest absolute Gasteiger partial charge is 0.372 e. The maximum Gasteiger partial charge on any atom is 0.267 e. The molecule has 1 amide bonds. The zero-order chi connectivity index (χ0) is 21.8. The number of nitrogens with zero attached hydrogens (tertiary/aromatic N) is 3. The Morgan fingerprint density at radius 3 is 2.42 bits per heavy atom. The average molecular weight is 424 g/mol. The molecular weight excluding hydrogens is 402 g/mol. The number of carbonyl (C=O) groups excluding carboxylic acids is 1. The highest BCUT2D eigenvalue weighted by atomic mass is 19.1. The summed E-state index contributed by atoms with van der Waals surface area (Å²) in [6.07, 6.45) is 3.65. The van der Waals surface area contributed by atoms with Gasteiger partial charge < -0.3 is 10.2 Å². The highest BCUT2D eigenvalue weighted by molar-refractivity contribution is 5.90. The summed E-state index contributed by atoms with van der Waals surface area (Å²) in [6, 6.07) is 13.7. The van der Waals surface area contributed by atoms with E-state index in [1.807, 2.05) is 24.3 Å². The molecule has 1 aliphatic heterocycles. The van der Waals surface area contributed by atoms with Gasteiger partial charge in [0.25, 0.3) is 5.56 Å². The summed E-state index contributed by atoms with van der Waals surface area (Å²) in [4.78, 5) is 26.8. The van der Waals surface area contributed by atoms with Gasteiger partial charge >= 0.3 is 0 Å². The first-order valence-corrected chi connectivity index (χ1v) is 10.2. The van der Waals surface area contributed by atoms with Crippen molar-refractivity contribution in [2.75, 3.05) is 23.3 Å². The topological polar surface area (TPSA) is 67.2 Å². The van der Waals surface area contributed by atoms with Gasteiger partial charge in [0.15, 0.2) is 0 Å². The molecule has 31 heavy (non-hydrogen) atoms. The second kappa shape index (κ2) is 9.07. The molecule has 6 nitrogen and oxygen atoms in total. The Bertz CT molecular complexity index is 1140. The van der Waals surface area contributed by atoms with Gasteiger partial charge in [0.1, 0.15) is 18.2 Å². The number of nitrogens with one attached hydrogen (secondary N) is 1. The van der Waals surface area contributed by atoms with Gasteiger partial charge in [-0.15, -0.1) is 0 Å². The van der Waals surface area contributed by atoms with Crippen molar-refractivity contribution in [1.82, 2.24) is 9.78 Å². The number of amides is 1. The second-order valence-corrected chi connectivity index (χ2v) is 7.48. The van der Waals surface area contributed by atoms with Crippen molar-refractivity contribution in [3.8, 4) is 11.3 Å². The Kier molecular flexibility index (Phi) is 6.06. The molecule has 1 fully saturated rings. The lowest BCUT2D eigenvalue weighted by atomic mass is 10.1. The molecule has 0 atom stereocenters. The first-order valence-electron chi connectivity index (χ1n) is 10.2. The quantitative estimate of drug-likeness (QED) is 0.676. The second-order valence-electron chi connectivity index (χ2n) is 7.48. The molecular formula is C23H22F2N4O2. The molecule has 1 aromatic heterocycles. The minimum Gasteiger partial charge on any atom is -0.372 e. The van der Waals surface area contributed by atoms with E-state index in [1.54, 1.807) is 6.07 Å². The normalized spacial score (nSPS) is 13.8. The molecule has 1 saturated heterocycles. The molecule has 0 aliphatic carbocycles. The third-order valence-electron chi connectivity index (χ3n) is 5.25. The van der Waals surface area contributed by atoms with Crippen LogP contribution in [0.5, 0.6) is 0 Å². The van der Waals surface area contributed by atoms with Crippen LogP contribution in [0.15, 0.2) is 59.4 Å². The third-order valence-corrected chi connectivity index (χ3v) is 5.25. The molecule has 2 aromatic carbocycles. The Balaban J connectivity index is 1.49. The van der Waals surface area contributed by atoms with E-state index in [1.165, 1.54) is 25.3 Å². The molecule has 160 valence electrons. The monoisotopic (exact) mass is 424 g/mol. The number of benzene rings is 2. The van der Waals surface area contributed by atoms with Crippen LogP contribution >= 0.6 is 0 Å². The highest BCUT2D eigenvalue weighted by Crippen LogP contribution is 2.23. The third kappa shape index (κ3) is 4.96. The molecule has 1 N–H and O–H groups in total. The fourth-order valence-corrected chi connectivity index (χ4v) is 3.63. The summed E-state index contributed by atoms with van der Waals surface area (Å²) in [7, 11) is 0. The summed E-state index contributed by atoms with van der Waals surface area (Å²) in [6.45, 7) is 1.70. The zero-order valence-electron chi connectivity index (χ0n) is 16.9. The molecule has 0 spiro atoms. The van der Waals surface area contributed by atoms with Crippen LogP contribution < -0.4 is 15.8 Å². The zero-order valence-corrected chi connectivity index (χ0v) is 16.9. The van der Waals surface area contributed by atoms with Crippen LogP contribution in [0.3, 0.4) is 0 Å². The van der Waals surface area contributed by atoms with Crippen LogP contribution in [0.2, 0.25) is 0 Å². The smallest absolute Gasteiger partial charge is 0.267 e. The number of piperidine rings is 1. The summed E-state index contributed by atoms with van der Waals surface area (Å²) in [5.41, 5.74) is 1.90. The van der Waals surface area contributed by atoms with Crippen molar-refractivity contribution >= 4 is 17.3 Å². The first-order chi connectivity index (χ1) is 15.0. The molecule has 2 heterocycles. The minimum absolute atomic E-state index is 0.163. The van der Waals surface area contributed by atoms with Crippen molar-refractivity contribution in [2.24, 2.45) is 0 Å². The molecule has 1 aliphatic rings. The lowest BCUT2D eigenvalue weighted by Gasteiger charge is -2.28.